The van der Waals surface area contributed by atoms with Gasteiger partial charge >= 0.3 is 5.97 Å². The van der Waals surface area contributed by atoms with Crippen LogP contribution in [0, 0.1) is 23.7 Å². The average Bonchev–Trinajstić information content (AvgIpc) is 3.52. The molecule has 0 radical (unpaired) electrons. The van der Waals surface area contributed by atoms with Crippen molar-refractivity contribution in [3.63, 3.8) is 0 Å². The van der Waals surface area contributed by atoms with Crippen molar-refractivity contribution in [2.45, 2.75) is 89.3 Å². The highest BCUT2D eigenvalue weighted by atomic mass is 16.7. The highest BCUT2D eigenvalue weighted by Crippen LogP contribution is 2.40. The molecule has 6 nitrogen and oxygen atoms in total. The normalized spacial score (nSPS) is 40.7. The van der Waals surface area contributed by atoms with E-state index < -0.39 is 0 Å². The number of rotatable bonds is 8. The highest BCUT2D eigenvalue weighted by Gasteiger charge is 2.46. The number of ether oxygens (including phenoxy) is 5. The molecule has 0 bridgehead atoms. The minimum absolute atomic E-state index is 0.00182. The van der Waals surface area contributed by atoms with E-state index >= 15 is 0 Å². The van der Waals surface area contributed by atoms with Gasteiger partial charge in [-0.25, -0.2) is 0 Å². The molecule has 0 aromatic heterocycles. The summed E-state index contributed by atoms with van der Waals surface area (Å²) < 4.78 is 28.6. The van der Waals surface area contributed by atoms with Gasteiger partial charge in [-0.05, 0) is 76.5 Å². The maximum atomic E-state index is 12.3. The summed E-state index contributed by atoms with van der Waals surface area (Å²) in [7, 11) is 1.75. The van der Waals surface area contributed by atoms with Crippen molar-refractivity contribution < 1.29 is 28.5 Å². The van der Waals surface area contributed by atoms with Crippen LogP contribution in [-0.4, -0.2) is 57.5 Å². The van der Waals surface area contributed by atoms with E-state index in [-0.39, 0.29) is 18.2 Å². The number of epoxide rings is 1. The van der Waals surface area contributed by atoms with Crippen molar-refractivity contribution in [1.29, 1.82) is 0 Å². The number of esters is 1. The molecule has 2 heterocycles. The minimum Gasteiger partial charge on any atom is -0.465 e. The van der Waals surface area contributed by atoms with Gasteiger partial charge in [0.25, 0.3) is 0 Å². The molecule has 2 saturated carbocycles. The molecule has 6 atom stereocenters. The van der Waals surface area contributed by atoms with Crippen molar-refractivity contribution in [1.82, 2.24) is 0 Å². The molecule has 2 saturated heterocycles. The van der Waals surface area contributed by atoms with Gasteiger partial charge in [-0.15, -0.1) is 0 Å². The standard InChI is InChI=1S/C23H38O6/c1-15-11-19(9-10-26-15)23(25-2)28-14-17-5-3-16(4-6-17)13-27-22(24)18-7-8-20-21(12-18)29-20/h15-21,23H,3-14H2,1-2H3. The Kier molecular flexibility index (Phi) is 7.49. The molecule has 29 heavy (non-hydrogen) atoms. The molecule has 2 aliphatic carbocycles. The summed E-state index contributed by atoms with van der Waals surface area (Å²) in [6.45, 7) is 4.27. The predicted molar refractivity (Wildman–Crippen MR) is 107 cm³/mol. The number of methoxy groups -OCH3 is 1. The SMILES string of the molecule is COC(OCC1CCC(COC(=O)C2CCC3OC3C2)CC1)C1CCOC(C)C1. The van der Waals surface area contributed by atoms with E-state index in [1.807, 2.05) is 0 Å². The summed E-state index contributed by atoms with van der Waals surface area (Å²) in [6, 6.07) is 0. The Morgan fingerprint density at radius 1 is 0.966 bits per heavy atom. The Bertz CT molecular complexity index is 531. The van der Waals surface area contributed by atoms with E-state index in [1.165, 1.54) is 0 Å². The second-order valence-electron chi connectivity index (χ2n) is 9.64. The first-order valence-electron chi connectivity index (χ1n) is 11.7. The lowest BCUT2D eigenvalue weighted by molar-refractivity contribution is -0.185. The minimum atomic E-state index is -0.120. The molecule has 6 unspecified atom stereocenters. The third kappa shape index (κ3) is 5.93. The van der Waals surface area contributed by atoms with Crippen molar-refractivity contribution in [3.8, 4) is 0 Å². The van der Waals surface area contributed by atoms with E-state index in [2.05, 4.69) is 6.92 Å². The molecule has 4 rings (SSSR count). The van der Waals surface area contributed by atoms with Crippen LogP contribution < -0.4 is 0 Å². The molecule has 4 aliphatic rings. The van der Waals surface area contributed by atoms with Gasteiger partial charge in [0.2, 0.25) is 0 Å². The number of carbonyl (C=O) groups excluding carboxylic acids is 1. The highest BCUT2D eigenvalue weighted by molar-refractivity contribution is 5.72. The van der Waals surface area contributed by atoms with E-state index in [0.717, 1.165) is 71.0 Å². The lowest BCUT2D eigenvalue weighted by Gasteiger charge is -2.34. The molecule has 0 amide bonds. The van der Waals surface area contributed by atoms with Gasteiger partial charge in [0.15, 0.2) is 6.29 Å². The molecule has 0 spiro atoms. The van der Waals surface area contributed by atoms with Crippen LogP contribution in [0.5, 0.6) is 0 Å². The Morgan fingerprint density at radius 3 is 2.41 bits per heavy atom. The number of carbonyl (C=O) groups is 1. The summed E-state index contributed by atoms with van der Waals surface area (Å²) in [5.74, 6) is 1.56. The number of hydrogen-bond donors (Lipinski definition) is 0. The summed E-state index contributed by atoms with van der Waals surface area (Å²) in [6.07, 6.45) is 10.3. The van der Waals surface area contributed by atoms with Crippen LogP contribution >= 0.6 is 0 Å². The van der Waals surface area contributed by atoms with Crippen LogP contribution in [0.25, 0.3) is 0 Å². The maximum Gasteiger partial charge on any atom is 0.309 e. The molecule has 0 aromatic rings. The van der Waals surface area contributed by atoms with E-state index in [4.69, 9.17) is 23.7 Å². The molecule has 166 valence electrons. The van der Waals surface area contributed by atoms with Crippen molar-refractivity contribution >= 4 is 5.97 Å². The van der Waals surface area contributed by atoms with E-state index in [1.54, 1.807) is 7.11 Å². The molecule has 4 fully saturated rings. The summed E-state index contributed by atoms with van der Waals surface area (Å²) >= 11 is 0. The zero-order chi connectivity index (χ0) is 20.2. The number of fused-ring (bicyclic) bond motifs is 1. The van der Waals surface area contributed by atoms with Gasteiger partial charge in [-0.3, -0.25) is 4.79 Å². The lowest BCUT2D eigenvalue weighted by Crippen LogP contribution is -2.35. The topological polar surface area (TPSA) is 66.5 Å². The zero-order valence-corrected chi connectivity index (χ0v) is 18.1. The largest absolute Gasteiger partial charge is 0.465 e. The van der Waals surface area contributed by atoms with E-state index in [0.29, 0.717) is 42.7 Å². The Balaban J connectivity index is 1.11. The fourth-order valence-corrected chi connectivity index (χ4v) is 5.41. The Labute approximate surface area is 174 Å². The van der Waals surface area contributed by atoms with Crippen molar-refractivity contribution in [2.75, 3.05) is 26.9 Å². The fraction of sp³-hybridized carbons (Fsp3) is 0.957. The quantitative estimate of drug-likeness (QED) is 0.345. The lowest BCUT2D eigenvalue weighted by atomic mass is 9.82. The van der Waals surface area contributed by atoms with Crippen LogP contribution in [-0.2, 0) is 28.5 Å². The van der Waals surface area contributed by atoms with Gasteiger partial charge in [0.05, 0.1) is 37.4 Å². The van der Waals surface area contributed by atoms with Crippen LogP contribution in [0.1, 0.15) is 64.7 Å². The molecule has 0 aromatic carbocycles. The van der Waals surface area contributed by atoms with Crippen LogP contribution in [0.15, 0.2) is 0 Å². The summed E-state index contributed by atoms with van der Waals surface area (Å²) in [5, 5.41) is 0. The molecule has 2 aliphatic heterocycles. The van der Waals surface area contributed by atoms with Gasteiger partial charge in [-0.2, -0.15) is 0 Å². The molecular weight excluding hydrogens is 372 g/mol. The van der Waals surface area contributed by atoms with Crippen molar-refractivity contribution in [3.05, 3.63) is 0 Å². The van der Waals surface area contributed by atoms with Gasteiger partial charge in [0, 0.05) is 19.6 Å². The van der Waals surface area contributed by atoms with Gasteiger partial charge < -0.3 is 23.7 Å². The molecule has 0 N–H and O–H groups in total. The van der Waals surface area contributed by atoms with Crippen molar-refractivity contribution in [2.24, 2.45) is 23.7 Å². The first-order chi connectivity index (χ1) is 14.1. The monoisotopic (exact) mass is 410 g/mol. The average molecular weight is 411 g/mol. The van der Waals surface area contributed by atoms with Crippen LogP contribution in [0.2, 0.25) is 0 Å². The maximum absolute atomic E-state index is 12.3. The first kappa shape index (κ1) is 21.5. The Morgan fingerprint density at radius 2 is 1.72 bits per heavy atom. The van der Waals surface area contributed by atoms with Crippen LogP contribution in [0.4, 0.5) is 0 Å². The fourth-order valence-electron chi connectivity index (χ4n) is 5.41. The molecule has 6 heteroatoms. The summed E-state index contributed by atoms with van der Waals surface area (Å²) in [5.41, 5.74) is 0. The van der Waals surface area contributed by atoms with Gasteiger partial charge in [0.1, 0.15) is 0 Å². The number of hydrogen-bond acceptors (Lipinski definition) is 6. The third-order valence-electron chi connectivity index (χ3n) is 7.40. The molecular formula is C23H38O6. The second kappa shape index (κ2) is 10.1. The Hall–Kier alpha value is -0.690. The van der Waals surface area contributed by atoms with E-state index in [9.17, 15) is 4.79 Å². The van der Waals surface area contributed by atoms with Crippen LogP contribution in [0.3, 0.4) is 0 Å². The van der Waals surface area contributed by atoms with Gasteiger partial charge in [-0.1, -0.05) is 0 Å². The second-order valence-corrected chi connectivity index (χ2v) is 9.64. The predicted octanol–water partition coefficient (Wildman–Crippen LogP) is 3.71. The third-order valence-corrected chi connectivity index (χ3v) is 7.40. The zero-order valence-electron chi connectivity index (χ0n) is 18.1. The summed E-state index contributed by atoms with van der Waals surface area (Å²) in [4.78, 5) is 12.3. The smallest absolute Gasteiger partial charge is 0.309 e. The first-order valence-corrected chi connectivity index (χ1v) is 11.7.